The largest absolute Gasteiger partial charge is 0.481 e. The van der Waals surface area contributed by atoms with Gasteiger partial charge in [0.15, 0.2) is 0 Å². The molecule has 1 heterocycles. The number of pyridine rings is 1. The van der Waals surface area contributed by atoms with Gasteiger partial charge in [-0.2, -0.15) is 13.2 Å². The van der Waals surface area contributed by atoms with E-state index in [-0.39, 0.29) is 12.0 Å². The van der Waals surface area contributed by atoms with E-state index in [2.05, 4.69) is 10.3 Å². The number of amides is 1. The standard InChI is InChI=1S/C14H15F3N2O3/c15-14(16,17)10-4-3-9(8-18-10)12(22)19-13(7-11(20)21)5-1-2-6-13/h3-4,8H,1-2,5-7H2,(H,19,22)(H,20,21). The van der Waals surface area contributed by atoms with Crippen molar-refractivity contribution >= 4 is 11.9 Å². The van der Waals surface area contributed by atoms with Crippen LogP contribution in [0, 0.1) is 0 Å². The summed E-state index contributed by atoms with van der Waals surface area (Å²) in [5, 5.41) is 11.6. The van der Waals surface area contributed by atoms with Gasteiger partial charge in [-0.25, -0.2) is 0 Å². The van der Waals surface area contributed by atoms with Crippen molar-refractivity contribution < 1.29 is 27.9 Å². The summed E-state index contributed by atoms with van der Waals surface area (Å²) in [5.41, 5.74) is -1.93. The molecule has 22 heavy (non-hydrogen) atoms. The van der Waals surface area contributed by atoms with Crippen LogP contribution in [0.1, 0.15) is 48.2 Å². The van der Waals surface area contributed by atoms with Crippen molar-refractivity contribution in [3.63, 3.8) is 0 Å². The molecule has 8 heteroatoms. The summed E-state index contributed by atoms with van der Waals surface area (Å²) < 4.78 is 37.3. The maximum absolute atomic E-state index is 12.4. The first-order valence-corrected chi connectivity index (χ1v) is 6.79. The monoisotopic (exact) mass is 316 g/mol. The van der Waals surface area contributed by atoms with Crippen molar-refractivity contribution in [2.75, 3.05) is 0 Å². The van der Waals surface area contributed by atoms with E-state index in [0.717, 1.165) is 31.2 Å². The normalized spacial score (nSPS) is 17.2. The molecule has 5 nitrogen and oxygen atoms in total. The maximum Gasteiger partial charge on any atom is 0.433 e. The van der Waals surface area contributed by atoms with Gasteiger partial charge in [0, 0.05) is 6.20 Å². The van der Waals surface area contributed by atoms with Crippen LogP contribution in [0.15, 0.2) is 18.3 Å². The third-order valence-electron chi connectivity index (χ3n) is 3.75. The Balaban J connectivity index is 2.12. The zero-order valence-electron chi connectivity index (χ0n) is 11.6. The minimum absolute atomic E-state index is 0.0235. The number of carbonyl (C=O) groups excluding carboxylic acids is 1. The van der Waals surface area contributed by atoms with E-state index in [1.165, 1.54) is 0 Å². The highest BCUT2D eigenvalue weighted by Crippen LogP contribution is 2.33. The Morgan fingerprint density at radius 2 is 1.91 bits per heavy atom. The fraction of sp³-hybridized carbons (Fsp3) is 0.500. The van der Waals surface area contributed by atoms with Gasteiger partial charge in [-0.3, -0.25) is 14.6 Å². The van der Waals surface area contributed by atoms with Gasteiger partial charge in [0.05, 0.1) is 17.5 Å². The van der Waals surface area contributed by atoms with Crippen molar-refractivity contribution in [1.82, 2.24) is 10.3 Å². The lowest BCUT2D eigenvalue weighted by atomic mass is 9.93. The van der Waals surface area contributed by atoms with Gasteiger partial charge in [0.2, 0.25) is 0 Å². The van der Waals surface area contributed by atoms with Crippen molar-refractivity contribution in [3.05, 3.63) is 29.6 Å². The summed E-state index contributed by atoms with van der Waals surface area (Å²) in [7, 11) is 0. The van der Waals surface area contributed by atoms with Gasteiger partial charge < -0.3 is 10.4 Å². The first kappa shape index (κ1) is 16.3. The number of aliphatic carboxylic acids is 1. The van der Waals surface area contributed by atoms with Crippen LogP contribution in [0.4, 0.5) is 13.2 Å². The second-order valence-corrected chi connectivity index (χ2v) is 5.44. The fourth-order valence-corrected chi connectivity index (χ4v) is 2.70. The molecule has 1 aliphatic carbocycles. The summed E-state index contributed by atoms with van der Waals surface area (Å²) in [6, 6.07) is 1.77. The van der Waals surface area contributed by atoms with Crippen LogP contribution in [-0.4, -0.2) is 27.5 Å². The first-order chi connectivity index (χ1) is 10.2. The van der Waals surface area contributed by atoms with E-state index < -0.39 is 29.3 Å². The van der Waals surface area contributed by atoms with E-state index in [9.17, 15) is 22.8 Å². The highest BCUT2D eigenvalue weighted by atomic mass is 19.4. The zero-order valence-corrected chi connectivity index (χ0v) is 11.6. The van der Waals surface area contributed by atoms with Crippen LogP contribution in [0.5, 0.6) is 0 Å². The molecule has 0 aliphatic heterocycles. The molecule has 0 saturated heterocycles. The van der Waals surface area contributed by atoms with Crippen molar-refractivity contribution in [2.45, 2.75) is 43.8 Å². The van der Waals surface area contributed by atoms with Gasteiger partial charge >= 0.3 is 12.1 Å². The molecule has 1 aliphatic rings. The summed E-state index contributed by atoms with van der Waals surface area (Å²) in [4.78, 5) is 26.3. The summed E-state index contributed by atoms with van der Waals surface area (Å²) in [6.45, 7) is 0. The average molecular weight is 316 g/mol. The molecule has 1 amide bonds. The second-order valence-electron chi connectivity index (χ2n) is 5.44. The SMILES string of the molecule is O=C(O)CC1(NC(=O)c2ccc(C(F)(F)F)nc2)CCCC1. The van der Waals surface area contributed by atoms with Crippen molar-refractivity contribution in [1.29, 1.82) is 0 Å². The molecule has 2 rings (SSSR count). The number of carboxylic acid groups (broad SMARTS) is 1. The Kier molecular flexibility index (Phi) is 4.39. The molecule has 2 N–H and O–H groups in total. The summed E-state index contributed by atoms with van der Waals surface area (Å²) in [6.07, 6.45) is -1.23. The highest BCUT2D eigenvalue weighted by molar-refractivity contribution is 5.94. The third-order valence-corrected chi connectivity index (χ3v) is 3.75. The van der Waals surface area contributed by atoms with Crippen LogP contribution >= 0.6 is 0 Å². The molecular formula is C14H15F3N2O3. The van der Waals surface area contributed by atoms with Crippen molar-refractivity contribution in [3.8, 4) is 0 Å². The molecule has 0 unspecified atom stereocenters. The lowest BCUT2D eigenvalue weighted by Crippen LogP contribution is -2.47. The first-order valence-electron chi connectivity index (χ1n) is 6.79. The van der Waals surface area contributed by atoms with Crippen LogP contribution < -0.4 is 5.32 Å². The molecule has 0 aromatic carbocycles. The molecule has 0 atom stereocenters. The minimum atomic E-state index is -4.56. The molecule has 0 radical (unpaired) electrons. The van der Waals surface area contributed by atoms with E-state index >= 15 is 0 Å². The number of hydrogen-bond donors (Lipinski definition) is 2. The Morgan fingerprint density at radius 3 is 2.36 bits per heavy atom. The number of aromatic nitrogens is 1. The number of hydrogen-bond acceptors (Lipinski definition) is 3. The molecule has 0 spiro atoms. The van der Waals surface area contributed by atoms with Crippen LogP contribution in [0.2, 0.25) is 0 Å². The Bertz CT molecular complexity index is 564. The van der Waals surface area contributed by atoms with Crippen LogP contribution in [0.3, 0.4) is 0 Å². The van der Waals surface area contributed by atoms with Crippen LogP contribution in [0.25, 0.3) is 0 Å². The van der Waals surface area contributed by atoms with E-state index in [1.54, 1.807) is 0 Å². The number of nitrogens with zero attached hydrogens (tertiary/aromatic N) is 1. The minimum Gasteiger partial charge on any atom is -0.481 e. The predicted octanol–water partition coefficient (Wildman–Crippen LogP) is 2.62. The third kappa shape index (κ3) is 3.75. The lowest BCUT2D eigenvalue weighted by Gasteiger charge is -2.28. The molecule has 1 aromatic rings. The lowest BCUT2D eigenvalue weighted by molar-refractivity contribution is -0.141. The van der Waals surface area contributed by atoms with Crippen molar-refractivity contribution in [2.24, 2.45) is 0 Å². The maximum atomic E-state index is 12.4. The molecule has 0 bridgehead atoms. The molecular weight excluding hydrogens is 301 g/mol. The molecule has 1 fully saturated rings. The summed E-state index contributed by atoms with van der Waals surface area (Å²) >= 11 is 0. The second kappa shape index (κ2) is 5.94. The smallest absolute Gasteiger partial charge is 0.433 e. The van der Waals surface area contributed by atoms with Gasteiger partial charge in [-0.15, -0.1) is 0 Å². The fourth-order valence-electron chi connectivity index (χ4n) is 2.70. The molecule has 1 aromatic heterocycles. The summed E-state index contributed by atoms with van der Waals surface area (Å²) in [5.74, 6) is -1.63. The van der Waals surface area contributed by atoms with Gasteiger partial charge in [-0.05, 0) is 25.0 Å². The van der Waals surface area contributed by atoms with E-state index in [4.69, 9.17) is 5.11 Å². The van der Waals surface area contributed by atoms with E-state index in [0.29, 0.717) is 12.8 Å². The number of carboxylic acids is 1. The van der Waals surface area contributed by atoms with Gasteiger partial charge in [-0.1, -0.05) is 12.8 Å². The van der Waals surface area contributed by atoms with Gasteiger partial charge in [0.1, 0.15) is 5.69 Å². The number of nitrogens with one attached hydrogen (secondary N) is 1. The number of carbonyl (C=O) groups is 2. The highest BCUT2D eigenvalue weighted by Gasteiger charge is 2.38. The number of halogens is 3. The molecule has 120 valence electrons. The average Bonchev–Trinajstić information content (AvgIpc) is 2.85. The number of rotatable bonds is 4. The predicted molar refractivity (Wildman–Crippen MR) is 70.2 cm³/mol. The zero-order chi connectivity index (χ0) is 16.4. The Morgan fingerprint density at radius 1 is 1.27 bits per heavy atom. The van der Waals surface area contributed by atoms with Gasteiger partial charge in [0.25, 0.3) is 5.91 Å². The Labute approximate surface area is 124 Å². The Hall–Kier alpha value is -2.12. The topological polar surface area (TPSA) is 79.3 Å². The molecule has 1 saturated carbocycles. The van der Waals surface area contributed by atoms with Crippen LogP contribution in [-0.2, 0) is 11.0 Å². The van der Waals surface area contributed by atoms with E-state index in [1.807, 2.05) is 0 Å². The number of alkyl halides is 3. The quantitative estimate of drug-likeness (QED) is 0.895.